The Kier molecular flexibility index (Phi) is 6.80. The first-order chi connectivity index (χ1) is 18.2. The van der Waals surface area contributed by atoms with Crippen molar-refractivity contribution in [3.8, 4) is 6.07 Å². The number of likely N-dealkylation sites (tertiary alicyclic amines) is 1. The predicted octanol–water partition coefficient (Wildman–Crippen LogP) is 4.68. The number of hydrogen-bond acceptors (Lipinski definition) is 6. The van der Waals surface area contributed by atoms with Crippen molar-refractivity contribution in [2.24, 2.45) is 0 Å². The zero-order valence-electron chi connectivity index (χ0n) is 20.1. The number of sulfonamides is 1. The number of benzene rings is 3. The number of halogens is 1. The van der Waals surface area contributed by atoms with Crippen molar-refractivity contribution in [1.29, 1.82) is 5.26 Å². The number of piperidine rings is 1. The number of pyridine rings is 1. The lowest BCUT2D eigenvalue weighted by Gasteiger charge is -2.39. The lowest BCUT2D eigenvalue weighted by atomic mass is 9.84. The van der Waals surface area contributed by atoms with E-state index in [2.05, 4.69) is 9.71 Å². The number of hydrogen-bond donors (Lipinski definition) is 2. The predicted molar refractivity (Wildman–Crippen MR) is 144 cm³/mol. The Bertz CT molecular complexity index is 1690. The molecule has 4 aromatic rings. The third-order valence-corrected chi connectivity index (χ3v) is 8.50. The first-order valence-corrected chi connectivity index (χ1v) is 13.8. The summed E-state index contributed by atoms with van der Waals surface area (Å²) in [6.07, 6.45) is 2.11. The molecule has 0 saturated carbocycles. The lowest BCUT2D eigenvalue weighted by Crippen LogP contribution is -2.45. The van der Waals surface area contributed by atoms with Crippen molar-refractivity contribution >= 4 is 44.1 Å². The molecule has 0 bridgehead atoms. The van der Waals surface area contributed by atoms with Crippen LogP contribution in [0.4, 0.5) is 5.69 Å². The highest BCUT2D eigenvalue weighted by molar-refractivity contribution is 7.93. The fourth-order valence-corrected chi connectivity index (χ4v) is 6.29. The number of carbonyl (C=O) groups excluding carboxylic acids is 1. The number of nitrogens with zero attached hydrogens (tertiary/aromatic N) is 3. The van der Waals surface area contributed by atoms with Crippen LogP contribution in [0.1, 0.15) is 34.3 Å². The van der Waals surface area contributed by atoms with E-state index >= 15 is 0 Å². The molecule has 0 atom stereocenters. The highest BCUT2D eigenvalue weighted by atomic mass is 35.5. The van der Waals surface area contributed by atoms with E-state index in [9.17, 15) is 23.6 Å². The number of carbonyl (C=O) groups is 1. The zero-order chi connectivity index (χ0) is 26.9. The molecule has 3 aromatic carbocycles. The molecule has 0 radical (unpaired) electrons. The van der Waals surface area contributed by atoms with Gasteiger partial charge in [-0.25, -0.2) is 8.42 Å². The smallest absolute Gasteiger partial charge is 0.264 e. The molecule has 1 aliphatic rings. The quantitative estimate of drug-likeness (QED) is 0.374. The zero-order valence-corrected chi connectivity index (χ0v) is 21.7. The number of nitrogens with one attached hydrogen (secondary N) is 1. The van der Waals surface area contributed by atoms with Gasteiger partial charge in [0.2, 0.25) is 0 Å². The van der Waals surface area contributed by atoms with Crippen LogP contribution in [0, 0.1) is 11.3 Å². The standard InChI is InChI=1S/C28H23ClN4O4S/c29-24-8-2-1-7-23(24)28(35)12-15-33(16-13-28)27(34)22-11-10-21(17-20(22)18-30)32-38(36,37)25-9-3-5-19-6-4-14-31-26(19)25/h1-11,14,17,32,35H,12-13,15-16H2. The molecule has 1 aromatic heterocycles. The van der Waals surface area contributed by atoms with Crippen molar-refractivity contribution in [2.75, 3.05) is 17.8 Å². The Balaban J connectivity index is 1.35. The maximum absolute atomic E-state index is 13.3. The van der Waals surface area contributed by atoms with Crippen LogP contribution in [0.3, 0.4) is 0 Å². The second kappa shape index (κ2) is 10.1. The summed E-state index contributed by atoms with van der Waals surface area (Å²) in [7, 11) is -4.02. The minimum atomic E-state index is -4.02. The Morgan fingerprint density at radius 3 is 2.53 bits per heavy atom. The van der Waals surface area contributed by atoms with Gasteiger partial charge in [-0.2, -0.15) is 5.26 Å². The topological polar surface area (TPSA) is 123 Å². The number of para-hydroxylation sites is 1. The molecule has 2 heterocycles. The van der Waals surface area contributed by atoms with Crippen molar-refractivity contribution in [2.45, 2.75) is 23.3 Å². The van der Waals surface area contributed by atoms with Crippen LogP contribution in [0.25, 0.3) is 10.9 Å². The Hall–Kier alpha value is -3.97. The van der Waals surface area contributed by atoms with Gasteiger partial charge in [0.05, 0.1) is 27.9 Å². The van der Waals surface area contributed by atoms with Gasteiger partial charge in [0, 0.05) is 35.3 Å². The molecule has 1 fully saturated rings. The van der Waals surface area contributed by atoms with E-state index in [1.807, 2.05) is 12.1 Å². The van der Waals surface area contributed by atoms with Crippen molar-refractivity contribution < 1.29 is 18.3 Å². The van der Waals surface area contributed by atoms with Gasteiger partial charge in [-0.15, -0.1) is 0 Å². The summed E-state index contributed by atoms with van der Waals surface area (Å²) in [5.41, 5.74) is 0.161. The molecule has 5 rings (SSSR count). The minimum absolute atomic E-state index is 0.00795. The van der Waals surface area contributed by atoms with E-state index in [1.165, 1.54) is 30.5 Å². The number of rotatable bonds is 5. The normalized spacial score (nSPS) is 15.1. The van der Waals surface area contributed by atoms with Gasteiger partial charge >= 0.3 is 0 Å². The highest BCUT2D eigenvalue weighted by Crippen LogP contribution is 2.37. The summed E-state index contributed by atoms with van der Waals surface area (Å²) in [5.74, 6) is -0.365. The molecule has 0 unspecified atom stereocenters. The van der Waals surface area contributed by atoms with Gasteiger partial charge in [-0.3, -0.25) is 14.5 Å². The molecule has 2 N–H and O–H groups in total. The molecule has 10 heteroatoms. The summed E-state index contributed by atoms with van der Waals surface area (Å²) in [5, 5.41) is 22.0. The van der Waals surface area contributed by atoms with E-state index in [4.69, 9.17) is 11.6 Å². The van der Waals surface area contributed by atoms with Crippen LogP contribution >= 0.6 is 11.6 Å². The molecule has 192 valence electrons. The number of amides is 1. The van der Waals surface area contributed by atoms with Crippen LogP contribution < -0.4 is 4.72 Å². The van der Waals surface area contributed by atoms with Crippen LogP contribution in [-0.2, 0) is 15.6 Å². The van der Waals surface area contributed by atoms with E-state index < -0.39 is 15.6 Å². The fraction of sp³-hybridized carbons (Fsp3) is 0.179. The average Bonchev–Trinajstić information content (AvgIpc) is 2.92. The monoisotopic (exact) mass is 546 g/mol. The third kappa shape index (κ3) is 4.82. The Morgan fingerprint density at radius 1 is 1.05 bits per heavy atom. The molecular formula is C28H23ClN4O4S. The SMILES string of the molecule is N#Cc1cc(NS(=O)(=O)c2cccc3cccnc23)ccc1C(=O)N1CCC(O)(c2ccccc2Cl)CC1. The molecule has 1 saturated heterocycles. The third-order valence-electron chi connectivity index (χ3n) is 6.76. The van der Waals surface area contributed by atoms with Gasteiger partial charge in [0.25, 0.3) is 15.9 Å². The van der Waals surface area contributed by atoms with Crippen LogP contribution in [0.5, 0.6) is 0 Å². The first kappa shape index (κ1) is 25.7. The van der Waals surface area contributed by atoms with Gasteiger partial charge in [-0.1, -0.05) is 48.0 Å². The number of fused-ring (bicyclic) bond motifs is 1. The number of anilines is 1. The minimum Gasteiger partial charge on any atom is -0.385 e. The molecule has 8 nitrogen and oxygen atoms in total. The lowest BCUT2D eigenvalue weighted by molar-refractivity contribution is -0.0210. The van der Waals surface area contributed by atoms with E-state index in [0.29, 0.717) is 34.3 Å². The molecule has 0 aliphatic carbocycles. The number of nitriles is 1. The Morgan fingerprint density at radius 2 is 1.79 bits per heavy atom. The van der Waals surface area contributed by atoms with Gasteiger partial charge in [0.1, 0.15) is 11.0 Å². The summed E-state index contributed by atoms with van der Waals surface area (Å²) >= 11 is 6.28. The molecule has 1 aliphatic heterocycles. The number of aromatic nitrogens is 1. The maximum Gasteiger partial charge on any atom is 0.264 e. The van der Waals surface area contributed by atoms with Gasteiger partial charge in [0.15, 0.2) is 0 Å². The summed E-state index contributed by atoms with van der Waals surface area (Å²) in [6, 6.07) is 21.7. The van der Waals surface area contributed by atoms with Gasteiger partial charge in [-0.05, 0) is 49.2 Å². The molecule has 1 amide bonds. The average molecular weight is 547 g/mol. The van der Waals surface area contributed by atoms with Crippen molar-refractivity contribution in [1.82, 2.24) is 9.88 Å². The first-order valence-electron chi connectivity index (χ1n) is 11.9. The second-order valence-corrected chi connectivity index (χ2v) is 11.2. The van der Waals surface area contributed by atoms with Crippen LogP contribution in [-0.4, -0.2) is 42.4 Å². The fourth-order valence-electron chi connectivity index (χ4n) is 4.75. The largest absolute Gasteiger partial charge is 0.385 e. The number of aliphatic hydroxyl groups is 1. The van der Waals surface area contributed by atoms with E-state index in [-0.39, 0.29) is 40.7 Å². The molecule has 0 spiro atoms. The second-order valence-electron chi connectivity index (χ2n) is 9.11. The van der Waals surface area contributed by atoms with Gasteiger partial charge < -0.3 is 10.0 Å². The van der Waals surface area contributed by atoms with Crippen molar-refractivity contribution in [3.05, 3.63) is 101 Å². The maximum atomic E-state index is 13.3. The molecular weight excluding hydrogens is 524 g/mol. The highest BCUT2D eigenvalue weighted by Gasteiger charge is 2.37. The summed E-state index contributed by atoms with van der Waals surface area (Å²) < 4.78 is 28.8. The summed E-state index contributed by atoms with van der Waals surface area (Å²) in [6.45, 7) is 0.543. The summed E-state index contributed by atoms with van der Waals surface area (Å²) in [4.78, 5) is 19.1. The Labute approximate surface area is 225 Å². The van der Waals surface area contributed by atoms with Crippen LogP contribution in [0.2, 0.25) is 5.02 Å². The van der Waals surface area contributed by atoms with Crippen LogP contribution in [0.15, 0.2) is 83.9 Å². The van der Waals surface area contributed by atoms with E-state index in [0.717, 1.165) is 0 Å². The van der Waals surface area contributed by atoms with E-state index in [1.54, 1.807) is 47.4 Å². The van der Waals surface area contributed by atoms with Crippen molar-refractivity contribution in [3.63, 3.8) is 0 Å². The molecule has 38 heavy (non-hydrogen) atoms.